The molecule has 1 aromatic heterocycles. The minimum atomic E-state index is 0.403. The van der Waals surface area contributed by atoms with Crippen LogP contribution in [0, 0.1) is 0 Å². The van der Waals surface area contributed by atoms with Crippen molar-refractivity contribution in [3.8, 4) is 5.88 Å². The van der Waals surface area contributed by atoms with Crippen LogP contribution in [0.25, 0.3) is 0 Å². The van der Waals surface area contributed by atoms with Gasteiger partial charge in [0.15, 0.2) is 5.82 Å². The molecule has 1 aliphatic carbocycles. The summed E-state index contributed by atoms with van der Waals surface area (Å²) in [6.45, 7) is 2.96. The lowest BCUT2D eigenvalue weighted by atomic mass is 10.1. The summed E-state index contributed by atoms with van der Waals surface area (Å²) in [6.07, 6.45) is 7.72. The van der Waals surface area contributed by atoms with E-state index in [0.29, 0.717) is 31.0 Å². The molecule has 2 rings (SSSR count). The third-order valence-corrected chi connectivity index (χ3v) is 3.52. The zero-order valence-corrected chi connectivity index (χ0v) is 12.5. The van der Waals surface area contributed by atoms with Crippen molar-refractivity contribution in [2.75, 3.05) is 19.0 Å². The van der Waals surface area contributed by atoms with Crippen LogP contribution >= 0.6 is 0 Å². The van der Waals surface area contributed by atoms with Gasteiger partial charge in [0.1, 0.15) is 12.4 Å². The fourth-order valence-electron chi connectivity index (χ4n) is 2.60. The van der Waals surface area contributed by atoms with Crippen molar-refractivity contribution in [3.63, 3.8) is 0 Å². The predicted octanol–water partition coefficient (Wildman–Crippen LogP) is 3.16. The van der Waals surface area contributed by atoms with Gasteiger partial charge in [0, 0.05) is 19.2 Å². The smallest absolute Gasteiger partial charge is 0.218 e. The lowest BCUT2D eigenvalue weighted by Crippen LogP contribution is -2.19. The fourth-order valence-corrected chi connectivity index (χ4v) is 2.60. The molecule has 1 aromatic rings. The van der Waals surface area contributed by atoms with Crippen LogP contribution in [0.5, 0.6) is 5.88 Å². The van der Waals surface area contributed by atoms with Crippen molar-refractivity contribution in [2.24, 2.45) is 0 Å². The summed E-state index contributed by atoms with van der Waals surface area (Å²) < 4.78 is 10.6. The molecule has 20 heavy (non-hydrogen) atoms. The Labute approximate surface area is 121 Å². The van der Waals surface area contributed by atoms with Gasteiger partial charge in [0.05, 0.1) is 6.61 Å². The van der Waals surface area contributed by atoms with E-state index in [9.17, 15) is 0 Å². The highest BCUT2D eigenvalue weighted by Crippen LogP contribution is 2.22. The lowest BCUT2D eigenvalue weighted by Gasteiger charge is -2.17. The van der Waals surface area contributed by atoms with E-state index in [2.05, 4.69) is 15.3 Å². The topological polar surface area (TPSA) is 56.3 Å². The monoisotopic (exact) mass is 279 g/mol. The third-order valence-electron chi connectivity index (χ3n) is 3.52. The van der Waals surface area contributed by atoms with Crippen LogP contribution in [0.15, 0.2) is 6.07 Å². The average molecular weight is 279 g/mol. The first-order chi connectivity index (χ1) is 9.81. The van der Waals surface area contributed by atoms with Crippen molar-refractivity contribution < 1.29 is 9.47 Å². The molecule has 0 saturated heterocycles. The molecule has 1 heterocycles. The zero-order chi connectivity index (χ0) is 14.2. The SMILES string of the molecule is CCOc1cc(NC2CCCCCC2)nc(COC)n1. The van der Waals surface area contributed by atoms with Gasteiger partial charge < -0.3 is 14.8 Å². The van der Waals surface area contributed by atoms with Crippen molar-refractivity contribution >= 4 is 5.82 Å². The number of ether oxygens (including phenoxy) is 2. The third kappa shape index (κ3) is 4.63. The van der Waals surface area contributed by atoms with Crippen molar-refractivity contribution in [1.82, 2.24) is 9.97 Å². The van der Waals surface area contributed by atoms with E-state index in [0.717, 1.165) is 5.82 Å². The first-order valence-corrected chi connectivity index (χ1v) is 7.58. The largest absolute Gasteiger partial charge is 0.478 e. The summed E-state index contributed by atoms with van der Waals surface area (Å²) in [7, 11) is 1.65. The van der Waals surface area contributed by atoms with E-state index in [1.807, 2.05) is 13.0 Å². The fraction of sp³-hybridized carbons (Fsp3) is 0.733. The average Bonchev–Trinajstić information content (AvgIpc) is 2.68. The van der Waals surface area contributed by atoms with E-state index < -0.39 is 0 Å². The Morgan fingerprint density at radius 2 is 1.95 bits per heavy atom. The number of anilines is 1. The Balaban J connectivity index is 2.07. The molecule has 0 aliphatic heterocycles. The summed E-state index contributed by atoms with van der Waals surface area (Å²) in [5, 5.41) is 3.53. The van der Waals surface area contributed by atoms with E-state index in [4.69, 9.17) is 9.47 Å². The van der Waals surface area contributed by atoms with Crippen LogP contribution in [-0.2, 0) is 11.3 Å². The van der Waals surface area contributed by atoms with Crippen LogP contribution in [0.3, 0.4) is 0 Å². The molecule has 0 atom stereocenters. The van der Waals surface area contributed by atoms with Crippen LogP contribution in [0.1, 0.15) is 51.3 Å². The van der Waals surface area contributed by atoms with Gasteiger partial charge in [-0.1, -0.05) is 25.7 Å². The van der Waals surface area contributed by atoms with Gasteiger partial charge in [0.25, 0.3) is 0 Å². The summed E-state index contributed by atoms with van der Waals surface area (Å²) >= 11 is 0. The first kappa shape index (κ1) is 15.0. The predicted molar refractivity (Wildman–Crippen MR) is 79.0 cm³/mol. The number of nitrogens with zero attached hydrogens (tertiary/aromatic N) is 2. The molecule has 5 nitrogen and oxygen atoms in total. The second kappa shape index (κ2) is 8.04. The van der Waals surface area contributed by atoms with Crippen molar-refractivity contribution in [3.05, 3.63) is 11.9 Å². The second-order valence-corrected chi connectivity index (χ2v) is 5.21. The van der Waals surface area contributed by atoms with Gasteiger partial charge in [-0.2, -0.15) is 4.98 Å². The van der Waals surface area contributed by atoms with Gasteiger partial charge in [-0.25, -0.2) is 4.98 Å². The summed E-state index contributed by atoms with van der Waals surface area (Å²) in [4.78, 5) is 8.83. The maximum Gasteiger partial charge on any atom is 0.218 e. The van der Waals surface area contributed by atoms with E-state index in [1.54, 1.807) is 7.11 Å². The minimum Gasteiger partial charge on any atom is -0.478 e. The first-order valence-electron chi connectivity index (χ1n) is 7.58. The van der Waals surface area contributed by atoms with Crippen LogP contribution in [0.2, 0.25) is 0 Å². The van der Waals surface area contributed by atoms with Gasteiger partial charge in [-0.3, -0.25) is 0 Å². The summed E-state index contributed by atoms with van der Waals surface area (Å²) in [5.41, 5.74) is 0. The van der Waals surface area contributed by atoms with E-state index in [1.165, 1.54) is 38.5 Å². The lowest BCUT2D eigenvalue weighted by molar-refractivity contribution is 0.176. The molecule has 0 bridgehead atoms. The molecule has 1 aliphatic rings. The number of hydrogen-bond donors (Lipinski definition) is 1. The Morgan fingerprint density at radius 1 is 1.20 bits per heavy atom. The minimum absolute atomic E-state index is 0.403. The zero-order valence-electron chi connectivity index (χ0n) is 12.5. The number of rotatable bonds is 6. The van der Waals surface area contributed by atoms with Gasteiger partial charge in [0.2, 0.25) is 5.88 Å². The number of methoxy groups -OCH3 is 1. The number of nitrogens with one attached hydrogen (secondary N) is 1. The number of aromatic nitrogens is 2. The molecule has 1 N–H and O–H groups in total. The standard InChI is InChI=1S/C15H25N3O2/c1-3-20-15-10-13(17-14(18-15)11-19-2)16-12-8-6-4-5-7-9-12/h10,12H,3-9,11H2,1-2H3,(H,16,17,18). The molecular weight excluding hydrogens is 254 g/mol. The van der Waals surface area contributed by atoms with Crippen LogP contribution in [0.4, 0.5) is 5.82 Å². The van der Waals surface area contributed by atoms with Crippen LogP contribution in [-0.4, -0.2) is 29.7 Å². The van der Waals surface area contributed by atoms with E-state index >= 15 is 0 Å². The van der Waals surface area contributed by atoms with Crippen molar-refractivity contribution in [2.45, 2.75) is 58.1 Å². The highest BCUT2D eigenvalue weighted by atomic mass is 16.5. The highest BCUT2D eigenvalue weighted by molar-refractivity contribution is 5.39. The summed E-state index contributed by atoms with van der Waals surface area (Å²) in [5.74, 6) is 2.13. The molecule has 0 radical (unpaired) electrons. The maximum absolute atomic E-state index is 5.50. The Kier molecular flexibility index (Phi) is 6.05. The summed E-state index contributed by atoms with van der Waals surface area (Å²) in [6, 6.07) is 2.39. The van der Waals surface area contributed by atoms with Gasteiger partial charge in [-0.05, 0) is 19.8 Å². The molecule has 1 fully saturated rings. The molecule has 0 aromatic carbocycles. The molecule has 112 valence electrons. The molecule has 5 heteroatoms. The van der Waals surface area contributed by atoms with E-state index in [-0.39, 0.29) is 0 Å². The Bertz CT molecular complexity index is 380. The normalized spacial score (nSPS) is 16.7. The highest BCUT2D eigenvalue weighted by Gasteiger charge is 2.14. The molecule has 0 amide bonds. The molecule has 1 saturated carbocycles. The quantitative estimate of drug-likeness (QED) is 0.811. The number of hydrogen-bond acceptors (Lipinski definition) is 5. The van der Waals surface area contributed by atoms with Gasteiger partial charge in [-0.15, -0.1) is 0 Å². The molecular formula is C15H25N3O2. The Morgan fingerprint density at radius 3 is 2.60 bits per heavy atom. The van der Waals surface area contributed by atoms with Gasteiger partial charge >= 0.3 is 0 Å². The maximum atomic E-state index is 5.50. The van der Waals surface area contributed by atoms with Crippen LogP contribution < -0.4 is 10.1 Å². The molecule has 0 spiro atoms. The van der Waals surface area contributed by atoms with Crippen molar-refractivity contribution in [1.29, 1.82) is 0 Å². The second-order valence-electron chi connectivity index (χ2n) is 5.21. The Hall–Kier alpha value is -1.36. The molecule has 0 unspecified atom stereocenters.